The minimum atomic E-state index is 0.859. The predicted molar refractivity (Wildman–Crippen MR) is 222 cm³/mol. The van der Waals surface area contributed by atoms with Crippen LogP contribution in [0, 0.1) is 0 Å². The summed E-state index contributed by atoms with van der Waals surface area (Å²) in [4.78, 5) is 2.34. The van der Waals surface area contributed by atoms with Gasteiger partial charge in [0.2, 0.25) is 0 Å². The van der Waals surface area contributed by atoms with Crippen LogP contribution in [0.15, 0.2) is 197 Å². The van der Waals surface area contributed by atoms with Gasteiger partial charge >= 0.3 is 0 Å². The molecule has 0 aliphatic rings. The average molecular weight is 678 g/mol. The molecule has 0 N–H and O–H groups in total. The number of nitrogens with zero attached hydrogens (tertiary/aromatic N) is 1. The quantitative estimate of drug-likeness (QED) is 0.182. The van der Waals surface area contributed by atoms with E-state index in [1.807, 2.05) is 12.1 Å². The third kappa shape index (κ3) is 4.90. The minimum Gasteiger partial charge on any atom is -0.456 e. The van der Waals surface area contributed by atoms with Crippen molar-refractivity contribution >= 4 is 82.5 Å². The highest BCUT2D eigenvalue weighted by Crippen LogP contribution is 2.43. The van der Waals surface area contributed by atoms with Crippen LogP contribution in [-0.2, 0) is 0 Å². The summed E-state index contributed by atoms with van der Waals surface area (Å²) in [6.07, 6.45) is 0. The molecule has 0 spiro atoms. The fourth-order valence-electron chi connectivity index (χ4n) is 8.00. The zero-order valence-corrected chi connectivity index (χ0v) is 28.7. The molecule has 0 aliphatic heterocycles. The Kier molecular flexibility index (Phi) is 6.55. The van der Waals surface area contributed by atoms with Gasteiger partial charge in [0.15, 0.2) is 0 Å². The number of hydrogen-bond donors (Lipinski definition) is 0. The van der Waals surface area contributed by atoms with E-state index in [9.17, 15) is 0 Å². The summed E-state index contributed by atoms with van der Waals surface area (Å²) in [6, 6.07) is 66.9. The van der Waals surface area contributed by atoms with Gasteiger partial charge in [-0.25, -0.2) is 0 Å². The first-order valence-electron chi connectivity index (χ1n) is 18.0. The third-order valence-corrected chi connectivity index (χ3v) is 10.6. The van der Waals surface area contributed by atoms with Crippen molar-refractivity contribution in [2.45, 2.75) is 0 Å². The Labute approximate surface area is 305 Å². The van der Waals surface area contributed by atoms with Crippen LogP contribution in [0.5, 0.6) is 0 Å². The van der Waals surface area contributed by atoms with Crippen LogP contribution in [0.4, 0.5) is 17.1 Å². The maximum atomic E-state index is 6.53. The van der Waals surface area contributed by atoms with Crippen LogP contribution in [0.2, 0.25) is 0 Å². The van der Waals surface area contributed by atoms with E-state index in [1.165, 1.54) is 33.0 Å². The van der Waals surface area contributed by atoms with E-state index in [2.05, 4.69) is 181 Å². The molecular weight excluding hydrogens is 647 g/mol. The third-order valence-electron chi connectivity index (χ3n) is 10.6. The van der Waals surface area contributed by atoms with Crippen LogP contribution in [0.25, 0.3) is 87.7 Å². The van der Waals surface area contributed by atoms with Gasteiger partial charge in [-0.2, -0.15) is 0 Å². The van der Waals surface area contributed by atoms with Crippen molar-refractivity contribution in [3.05, 3.63) is 188 Å². The molecule has 53 heavy (non-hydrogen) atoms. The Hall–Kier alpha value is -7.10. The summed E-state index contributed by atoms with van der Waals surface area (Å²) in [7, 11) is 0. The molecule has 0 fully saturated rings. The highest BCUT2D eigenvalue weighted by atomic mass is 16.3. The molecule has 3 nitrogen and oxygen atoms in total. The first-order valence-corrected chi connectivity index (χ1v) is 18.0. The highest BCUT2D eigenvalue weighted by molar-refractivity contribution is 6.27. The molecule has 11 aromatic rings. The van der Waals surface area contributed by atoms with Gasteiger partial charge in [0.05, 0.1) is 0 Å². The van der Waals surface area contributed by atoms with E-state index >= 15 is 0 Å². The van der Waals surface area contributed by atoms with Gasteiger partial charge in [-0.3, -0.25) is 0 Å². The number of rotatable bonds is 5. The molecule has 248 valence electrons. The van der Waals surface area contributed by atoms with E-state index in [0.717, 1.165) is 71.7 Å². The lowest BCUT2D eigenvalue weighted by Gasteiger charge is -2.26. The maximum absolute atomic E-state index is 6.53. The van der Waals surface area contributed by atoms with E-state index in [-0.39, 0.29) is 0 Å². The first-order chi connectivity index (χ1) is 26.2. The Morgan fingerprint density at radius 3 is 1.23 bits per heavy atom. The molecule has 3 heteroatoms. The topological polar surface area (TPSA) is 29.5 Å². The lowest BCUT2D eigenvalue weighted by molar-refractivity contribution is 0.663. The summed E-state index contributed by atoms with van der Waals surface area (Å²) in [5.41, 5.74) is 11.5. The SMILES string of the molecule is c1ccc(-c2ccc(N(c3ccc(-c4ccccc4)cc3)c3ccc4cc5oc6ccc7oc8cc9ccccc9cc8c7c6c5cc4c3)cc2)cc1. The van der Waals surface area contributed by atoms with E-state index in [4.69, 9.17) is 8.83 Å². The van der Waals surface area contributed by atoms with Gasteiger partial charge in [0.25, 0.3) is 0 Å². The summed E-state index contributed by atoms with van der Waals surface area (Å²) in [5.74, 6) is 0. The average Bonchev–Trinajstić information content (AvgIpc) is 3.77. The van der Waals surface area contributed by atoms with Gasteiger partial charge < -0.3 is 13.7 Å². The zero-order chi connectivity index (χ0) is 34.9. The Bertz CT molecular complexity index is 3060. The normalized spacial score (nSPS) is 11.8. The molecule has 0 radical (unpaired) electrons. The predicted octanol–water partition coefficient (Wildman–Crippen LogP) is 14.6. The second-order valence-electron chi connectivity index (χ2n) is 13.8. The van der Waals surface area contributed by atoms with Crippen molar-refractivity contribution in [1.82, 2.24) is 0 Å². The molecule has 0 atom stereocenters. The lowest BCUT2D eigenvalue weighted by Crippen LogP contribution is -2.09. The lowest BCUT2D eigenvalue weighted by atomic mass is 10.0. The molecule has 0 amide bonds. The van der Waals surface area contributed by atoms with Crippen molar-refractivity contribution < 1.29 is 8.83 Å². The van der Waals surface area contributed by atoms with Crippen molar-refractivity contribution in [3.63, 3.8) is 0 Å². The van der Waals surface area contributed by atoms with Crippen LogP contribution in [0.1, 0.15) is 0 Å². The molecule has 0 saturated carbocycles. The van der Waals surface area contributed by atoms with Gasteiger partial charge in [0.1, 0.15) is 22.3 Å². The van der Waals surface area contributed by atoms with E-state index < -0.39 is 0 Å². The zero-order valence-electron chi connectivity index (χ0n) is 28.7. The van der Waals surface area contributed by atoms with Crippen LogP contribution in [-0.4, -0.2) is 0 Å². The molecule has 0 aliphatic carbocycles. The number of fused-ring (bicyclic) bond motifs is 9. The molecule has 2 heterocycles. The smallest absolute Gasteiger partial charge is 0.136 e. The second kappa shape index (κ2) is 11.7. The first kappa shape index (κ1) is 29.6. The van der Waals surface area contributed by atoms with Gasteiger partial charge in [-0.1, -0.05) is 115 Å². The Morgan fingerprint density at radius 2 is 0.698 bits per heavy atom. The molecule has 2 aromatic heterocycles. The van der Waals surface area contributed by atoms with Crippen molar-refractivity contribution in [3.8, 4) is 22.3 Å². The van der Waals surface area contributed by atoms with Gasteiger partial charge in [-0.05, 0) is 117 Å². The number of hydrogen-bond acceptors (Lipinski definition) is 3. The molecule has 9 aromatic carbocycles. The number of furan rings is 2. The van der Waals surface area contributed by atoms with Gasteiger partial charge in [0, 0.05) is 38.6 Å². The largest absolute Gasteiger partial charge is 0.456 e. The summed E-state index contributed by atoms with van der Waals surface area (Å²) in [6.45, 7) is 0. The second-order valence-corrected chi connectivity index (χ2v) is 13.8. The molecular formula is C50H31NO2. The van der Waals surface area contributed by atoms with Crippen molar-refractivity contribution in [1.29, 1.82) is 0 Å². The molecule has 0 unspecified atom stereocenters. The van der Waals surface area contributed by atoms with E-state index in [1.54, 1.807) is 0 Å². The molecule has 0 bridgehead atoms. The monoisotopic (exact) mass is 677 g/mol. The minimum absolute atomic E-state index is 0.859. The standard InChI is InChI=1S/C50H31NO2/c1-3-9-32(10-4-1)34-15-20-40(21-16-34)51(41-22-17-35(18-23-41)33-11-5-2-6-12-33)42-24-19-38-31-48-44(29-39(38)27-42)50-46(53-48)26-25-45-49(50)43-28-36-13-7-8-14-37(36)30-47(43)52-45/h1-31H. The van der Waals surface area contributed by atoms with Crippen LogP contribution >= 0.6 is 0 Å². The number of benzene rings is 9. The van der Waals surface area contributed by atoms with E-state index in [0.29, 0.717) is 0 Å². The number of anilines is 3. The fourth-order valence-corrected chi connectivity index (χ4v) is 8.00. The van der Waals surface area contributed by atoms with Gasteiger partial charge in [-0.15, -0.1) is 0 Å². The highest BCUT2D eigenvalue weighted by Gasteiger charge is 2.19. The van der Waals surface area contributed by atoms with Crippen molar-refractivity contribution in [2.75, 3.05) is 4.90 Å². The maximum Gasteiger partial charge on any atom is 0.136 e. The Balaban J connectivity index is 1.09. The summed E-state index contributed by atoms with van der Waals surface area (Å²) >= 11 is 0. The summed E-state index contributed by atoms with van der Waals surface area (Å²) in [5, 5.41) is 8.98. The van der Waals surface area contributed by atoms with Crippen molar-refractivity contribution in [2.24, 2.45) is 0 Å². The molecule has 11 rings (SSSR count). The van der Waals surface area contributed by atoms with Crippen LogP contribution in [0.3, 0.4) is 0 Å². The van der Waals surface area contributed by atoms with Crippen LogP contribution < -0.4 is 4.90 Å². The summed E-state index contributed by atoms with van der Waals surface area (Å²) < 4.78 is 13.0. The Morgan fingerprint density at radius 1 is 0.283 bits per heavy atom. The fraction of sp³-hybridized carbons (Fsp3) is 0. The molecule has 0 saturated heterocycles.